The Bertz CT molecular complexity index is 2660. The first-order chi connectivity index (χ1) is 33.4. The van der Waals surface area contributed by atoms with Crippen molar-refractivity contribution in [3.63, 3.8) is 0 Å². The average Bonchev–Trinajstić information content (AvgIpc) is 3.64. The monoisotopic (exact) mass is 899 g/mol. The summed E-state index contributed by atoms with van der Waals surface area (Å²) in [6, 6.07) is 49.3. The van der Waals surface area contributed by atoms with Crippen LogP contribution in [0.3, 0.4) is 0 Å². The molecule has 8 rings (SSSR count). The number of rotatable bonds is 23. The van der Waals surface area contributed by atoms with E-state index in [1.54, 1.807) is 0 Å². The molecule has 1 aliphatic carbocycles. The molecule has 6 aromatic carbocycles. The molecule has 2 nitrogen and oxygen atoms in total. The van der Waals surface area contributed by atoms with Gasteiger partial charge in [0.2, 0.25) is 0 Å². The number of fused-ring (bicyclic) bond motifs is 3. The lowest BCUT2D eigenvalue weighted by molar-refractivity contribution is 0.414. The standard InChI is InChI=1S/C66H78N2/c1-8-14-24-48-28-20-22-30-55(48)57-37-33-52(43-50(57)26-16-10-3)63-46-64(53-34-38-58(51(44-53)27-17-11-4)56-31-23-21-29-49(56)25-15-9-2)68-65(67-63)54-35-39-60-59-36-32-47(7)42-61(59)66(40-18-12-5,41-19-13-6)62(60)45-54/h20-23,28-39,42-46H,8-19,24-27,40-41H2,1-7H3. The molecule has 0 bridgehead atoms. The van der Waals surface area contributed by atoms with Gasteiger partial charge < -0.3 is 0 Å². The first kappa shape index (κ1) is 48.8. The highest BCUT2D eigenvalue weighted by Crippen LogP contribution is 2.55. The summed E-state index contributed by atoms with van der Waals surface area (Å²) < 4.78 is 0. The highest BCUT2D eigenvalue weighted by atomic mass is 14.9. The zero-order valence-electron chi connectivity index (χ0n) is 42.7. The summed E-state index contributed by atoms with van der Waals surface area (Å²) in [6.45, 7) is 16.1. The minimum absolute atomic E-state index is 0.0198. The third kappa shape index (κ3) is 10.5. The smallest absolute Gasteiger partial charge is 0.160 e. The molecule has 0 unspecified atom stereocenters. The van der Waals surface area contributed by atoms with Crippen molar-refractivity contribution in [2.24, 2.45) is 0 Å². The molecule has 0 fully saturated rings. The Kier molecular flexibility index (Phi) is 16.6. The van der Waals surface area contributed by atoms with Crippen LogP contribution in [0.25, 0.3) is 67.3 Å². The lowest BCUT2D eigenvalue weighted by Crippen LogP contribution is -2.25. The quantitative estimate of drug-likeness (QED) is 0.0639. The van der Waals surface area contributed by atoms with E-state index >= 15 is 0 Å². The Labute approximate surface area is 411 Å². The van der Waals surface area contributed by atoms with Crippen molar-refractivity contribution >= 4 is 0 Å². The van der Waals surface area contributed by atoms with Gasteiger partial charge in [0.05, 0.1) is 11.4 Å². The van der Waals surface area contributed by atoms with Crippen LogP contribution in [-0.2, 0) is 31.1 Å². The van der Waals surface area contributed by atoms with Gasteiger partial charge >= 0.3 is 0 Å². The number of aryl methyl sites for hydroxylation is 5. The summed E-state index contributed by atoms with van der Waals surface area (Å²) in [4.78, 5) is 11.2. The van der Waals surface area contributed by atoms with Gasteiger partial charge in [0.25, 0.3) is 0 Å². The minimum atomic E-state index is -0.0198. The summed E-state index contributed by atoms with van der Waals surface area (Å²) in [5.41, 5.74) is 23.7. The van der Waals surface area contributed by atoms with Gasteiger partial charge in [-0.2, -0.15) is 0 Å². The summed E-state index contributed by atoms with van der Waals surface area (Å²) in [6.07, 6.45) is 20.8. The SMILES string of the molecule is CCCCc1ccccc1-c1ccc(-c2cc(-c3ccc(-c4ccccc4CCCC)c(CCCC)c3)nc(-c3ccc4c(c3)C(CCCC)(CCCC)c3cc(C)ccc3-4)n2)cc1CCCC. The van der Waals surface area contributed by atoms with E-state index in [1.165, 1.54) is 124 Å². The second-order valence-corrected chi connectivity index (χ2v) is 20.0. The van der Waals surface area contributed by atoms with Crippen molar-refractivity contribution in [2.45, 2.75) is 169 Å². The summed E-state index contributed by atoms with van der Waals surface area (Å²) >= 11 is 0. The van der Waals surface area contributed by atoms with E-state index in [1.807, 2.05) is 0 Å². The lowest BCUT2D eigenvalue weighted by Gasteiger charge is -2.33. The number of unbranched alkanes of at least 4 members (excludes halogenated alkanes) is 6. The van der Waals surface area contributed by atoms with Gasteiger partial charge in [0.15, 0.2) is 5.82 Å². The summed E-state index contributed by atoms with van der Waals surface area (Å²) in [7, 11) is 0. The van der Waals surface area contributed by atoms with Crippen LogP contribution >= 0.6 is 0 Å². The van der Waals surface area contributed by atoms with E-state index in [0.29, 0.717) is 0 Å². The van der Waals surface area contributed by atoms with E-state index in [2.05, 4.69) is 176 Å². The number of nitrogens with zero attached hydrogens (tertiary/aromatic N) is 2. The van der Waals surface area contributed by atoms with Gasteiger partial charge in [-0.05, 0) is 162 Å². The first-order valence-corrected chi connectivity index (χ1v) is 26.9. The molecule has 1 aliphatic rings. The van der Waals surface area contributed by atoms with Gasteiger partial charge in [0.1, 0.15) is 0 Å². The molecule has 0 atom stereocenters. The molecule has 1 heterocycles. The van der Waals surface area contributed by atoms with E-state index in [-0.39, 0.29) is 5.41 Å². The first-order valence-electron chi connectivity index (χ1n) is 26.9. The second-order valence-electron chi connectivity index (χ2n) is 20.0. The molecule has 2 heteroatoms. The molecule has 0 amide bonds. The lowest BCUT2D eigenvalue weighted by atomic mass is 9.70. The van der Waals surface area contributed by atoms with Crippen molar-refractivity contribution in [3.05, 3.63) is 166 Å². The Hall–Kier alpha value is -5.60. The Balaban J connectivity index is 1.33. The fourth-order valence-electron chi connectivity index (χ4n) is 11.2. The predicted octanol–water partition coefficient (Wildman–Crippen LogP) is 19.1. The minimum Gasteiger partial charge on any atom is -0.228 e. The number of aromatic nitrogens is 2. The van der Waals surface area contributed by atoms with Crippen LogP contribution < -0.4 is 0 Å². The Morgan fingerprint density at radius 2 is 0.750 bits per heavy atom. The van der Waals surface area contributed by atoms with Crippen molar-refractivity contribution in [1.82, 2.24) is 9.97 Å². The van der Waals surface area contributed by atoms with Gasteiger partial charge in [-0.25, -0.2) is 9.97 Å². The zero-order chi connectivity index (χ0) is 47.5. The van der Waals surface area contributed by atoms with Gasteiger partial charge in [-0.15, -0.1) is 0 Å². The van der Waals surface area contributed by atoms with Crippen molar-refractivity contribution < 1.29 is 0 Å². The third-order valence-electron chi connectivity index (χ3n) is 15.0. The van der Waals surface area contributed by atoms with Crippen LogP contribution in [0.4, 0.5) is 0 Å². The zero-order valence-corrected chi connectivity index (χ0v) is 42.7. The van der Waals surface area contributed by atoms with Gasteiger partial charge in [-0.1, -0.05) is 202 Å². The molecule has 68 heavy (non-hydrogen) atoms. The molecule has 1 aromatic heterocycles. The second kappa shape index (κ2) is 23.1. The van der Waals surface area contributed by atoms with Crippen LogP contribution in [0, 0.1) is 6.92 Å². The molecule has 0 saturated heterocycles. The Morgan fingerprint density at radius 3 is 1.24 bits per heavy atom. The molecular weight excluding hydrogens is 821 g/mol. The highest BCUT2D eigenvalue weighted by Gasteiger charge is 2.42. The van der Waals surface area contributed by atoms with Crippen LogP contribution in [0.15, 0.2) is 127 Å². The van der Waals surface area contributed by atoms with E-state index in [4.69, 9.17) is 9.97 Å². The largest absolute Gasteiger partial charge is 0.228 e. The normalized spacial score (nSPS) is 12.6. The molecule has 7 aromatic rings. The fraction of sp³-hybridized carbons (Fsp3) is 0.394. The molecule has 0 radical (unpaired) electrons. The van der Waals surface area contributed by atoms with Crippen LogP contribution in [0.5, 0.6) is 0 Å². The average molecular weight is 899 g/mol. The number of benzene rings is 6. The van der Waals surface area contributed by atoms with E-state index in [0.717, 1.165) is 98.1 Å². The fourth-order valence-corrected chi connectivity index (χ4v) is 11.2. The highest BCUT2D eigenvalue weighted by molar-refractivity contribution is 5.85. The molecule has 0 spiro atoms. The van der Waals surface area contributed by atoms with Crippen LogP contribution in [0.2, 0.25) is 0 Å². The molecule has 0 aliphatic heterocycles. The summed E-state index contributed by atoms with van der Waals surface area (Å²) in [5, 5.41) is 0. The topological polar surface area (TPSA) is 25.8 Å². The van der Waals surface area contributed by atoms with Gasteiger partial charge in [-0.3, -0.25) is 0 Å². The summed E-state index contributed by atoms with van der Waals surface area (Å²) in [5.74, 6) is 0.806. The van der Waals surface area contributed by atoms with E-state index in [9.17, 15) is 0 Å². The molecule has 352 valence electrons. The predicted molar refractivity (Wildman–Crippen MR) is 294 cm³/mol. The molecule has 0 N–H and O–H groups in total. The van der Waals surface area contributed by atoms with Gasteiger partial charge in [0, 0.05) is 22.1 Å². The Morgan fingerprint density at radius 1 is 0.353 bits per heavy atom. The maximum atomic E-state index is 5.61. The number of hydrogen-bond acceptors (Lipinski definition) is 2. The van der Waals surface area contributed by atoms with Crippen LogP contribution in [-0.4, -0.2) is 9.97 Å². The maximum absolute atomic E-state index is 5.61. The van der Waals surface area contributed by atoms with Crippen molar-refractivity contribution in [3.8, 4) is 67.3 Å². The maximum Gasteiger partial charge on any atom is 0.160 e. The molecule has 0 saturated carbocycles. The molecular formula is C66H78N2. The third-order valence-corrected chi connectivity index (χ3v) is 15.0. The van der Waals surface area contributed by atoms with Crippen LogP contribution in [0.1, 0.15) is 170 Å². The number of hydrogen-bond donors (Lipinski definition) is 0. The van der Waals surface area contributed by atoms with E-state index < -0.39 is 0 Å². The van der Waals surface area contributed by atoms with Crippen molar-refractivity contribution in [2.75, 3.05) is 0 Å². The van der Waals surface area contributed by atoms with Crippen molar-refractivity contribution in [1.29, 1.82) is 0 Å².